The molecule has 2 rings (SSSR count). The normalized spacial score (nSPS) is 29.1. The topological polar surface area (TPSA) is 30.7 Å². The molecule has 1 saturated carbocycles. The molecule has 1 aromatic rings. The Morgan fingerprint density at radius 2 is 2.08 bits per heavy atom. The van der Waals surface area contributed by atoms with Crippen LogP contribution in [0.4, 0.5) is 0 Å². The lowest BCUT2D eigenvalue weighted by molar-refractivity contribution is 0.289. The van der Waals surface area contributed by atoms with Crippen molar-refractivity contribution in [3.8, 4) is 0 Å². The van der Waals surface area contributed by atoms with Gasteiger partial charge in [0, 0.05) is 6.04 Å². The number of hydrogen-bond donors (Lipinski definition) is 0. The first-order chi connectivity index (χ1) is 6.27. The van der Waals surface area contributed by atoms with Crippen LogP contribution >= 0.6 is 11.6 Å². The minimum atomic E-state index is 0.527. The van der Waals surface area contributed by atoms with Gasteiger partial charge in [0.25, 0.3) is 0 Å². The molecule has 0 spiro atoms. The Kier molecular flexibility index (Phi) is 2.54. The van der Waals surface area contributed by atoms with Crippen LogP contribution in [0.25, 0.3) is 0 Å². The van der Waals surface area contributed by atoms with E-state index in [1.165, 1.54) is 25.7 Å². The lowest BCUT2D eigenvalue weighted by Gasteiger charge is -2.26. The second kappa shape index (κ2) is 3.66. The molecule has 0 unspecified atom stereocenters. The Balaban J connectivity index is 2.06. The van der Waals surface area contributed by atoms with E-state index < -0.39 is 0 Å². The van der Waals surface area contributed by atoms with Gasteiger partial charge < -0.3 is 4.57 Å². The van der Waals surface area contributed by atoms with Crippen molar-refractivity contribution in [1.29, 1.82) is 0 Å². The molecular weight excluding hydrogens is 186 g/mol. The molecule has 1 heterocycles. The van der Waals surface area contributed by atoms with E-state index in [0.717, 1.165) is 5.92 Å². The van der Waals surface area contributed by atoms with E-state index in [-0.39, 0.29) is 0 Å². The lowest BCUT2D eigenvalue weighted by atomic mass is 9.87. The van der Waals surface area contributed by atoms with Crippen LogP contribution < -0.4 is 0 Å². The average Bonchev–Trinajstić information content (AvgIpc) is 2.53. The summed E-state index contributed by atoms with van der Waals surface area (Å²) in [6.07, 6.45) is 6.74. The Hall–Kier alpha value is -0.570. The third-order valence-corrected chi connectivity index (χ3v) is 3.18. The van der Waals surface area contributed by atoms with Crippen LogP contribution in [0, 0.1) is 5.92 Å². The zero-order chi connectivity index (χ0) is 9.26. The molecule has 0 saturated heterocycles. The van der Waals surface area contributed by atoms with Crippen molar-refractivity contribution >= 4 is 11.6 Å². The Bertz CT molecular complexity index is 276. The predicted octanol–water partition coefficient (Wildman–Crippen LogP) is 2.68. The molecule has 0 amide bonds. The first-order valence-electron chi connectivity index (χ1n) is 4.82. The summed E-state index contributed by atoms with van der Waals surface area (Å²) in [4.78, 5) is 0. The largest absolute Gasteiger partial charge is 0.301 e. The summed E-state index contributed by atoms with van der Waals surface area (Å²) < 4.78 is 1.99. The second-order valence-electron chi connectivity index (χ2n) is 3.92. The summed E-state index contributed by atoms with van der Waals surface area (Å²) in [6, 6.07) is 0.527. The van der Waals surface area contributed by atoms with Crippen LogP contribution in [0.15, 0.2) is 6.33 Å². The smallest absolute Gasteiger partial charge is 0.225 e. The fourth-order valence-electron chi connectivity index (χ4n) is 1.99. The number of nitrogens with zero attached hydrogens (tertiary/aromatic N) is 3. The molecule has 0 aliphatic heterocycles. The highest BCUT2D eigenvalue weighted by atomic mass is 35.5. The van der Waals surface area contributed by atoms with Gasteiger partial charge in [-0.05, 0) is 43.2 Å². The zero-order valence-corrected chi connectivity index (χ0v) is 8.54. The van der Waals surface area contributed by atoms with Gasteiger partial charge in [-0.25, -0.2) is 0 Å². The van der Waals surface area contributed by atoms with Gasteiger partial charge in [0.15, 0.2) is 0 Å². The van der Waals surface area contributed by atoms with Gasteiger partial charge in [0.2, 0.25) is 5.28 Å². The summed E-state index contributed by atoms with van der Waals surface area (Å²) in [7, 11) is 0. The van der Waals surface area contributed by atoms with Crippen molar-refractivity contribution in [3.63, 3.8) is 0 Å². The molecule has 4 heteroatoms. The van der Waals surface area contributed by atoms with Gasteiger partial charge in [0.05, 0.1) is 0 Å². The summed E-state index contributed by atoms with van der Waals surface area (Å²) in [5.41, 5.74) is 0. The van der Waals surface area contributed by atoms with Gasteiger partial charge in [0.1, 0.15) is 6.33 Å². The first kappa shape index (κ1) is 9.00. The third-order valence-electron chi connectivity index (χ3n) is 2.91. The van der Waals surface area contributed by atoms with Gasteiger partial charge in [-0.1, -0.05) is 6.92 Å². The number of aromatic nitrogens is 3. The Morgan fingerprint density at radius 3 is 2.62 bits per heavy atom. The van der Waals surface area contributed by atoms with Crippen LogP contribution in [0.1, 0.15) is 38.6 Å². The van der Waals surface area contributed by atoms with E-state index in [4.69, 9.17) is 11.6 Å². The second-order valence-corrected chi connectivity index (χ2v) is 4.26. The van der Waals surface area contributed by atoms with E-state index >= 15 is 0 Å². The van der Waals surface area contributed by atoms with E-state index in [0.29, 0.717) is 11.3 Å². The van der Waals surface area contributed by atoms with Crippen molar-refractivity contribution in [3.05, 3.63) is 11.6 Å². The highest BCUT2D eigenvalue weighted by Gasteiger charge is 2.20. The van der Waals surface area contributed by atoms with Gasteiger partial charge in [-0.3, -0.25) is 0 Å². The molecule has 0 N–H and O–H groups in total. The highest BCUT2D eigenvalue weighted by molar-refractivity contribution is 6.28. The summed E-state index contributed by atoms with van der Waals surface area (Å²) >= 11 is 5.90. The third kappa shape index (κ3) is 1.85. The first-order valence-corrected chi connectivity index (χ1v) is 5.20. The maximum atomic E-state index is 5.90. The predicted molar refractivity (Wildman–Crippen MR) is 51.7 cm³/mol. The molecule has 1 fully saturated rings. The molecule has 72 valence electrons. The van der Waals surface area contributed by atoms with E-state index in [1.54, 1.807) is 6.33 Å². The molecule has 13 heavy (non-hydrogen) atoms. The van der Waals surface area contributed by atoms with Gasteiger partial charge >= 0.3 is 0 Å². The standard InChI is InChI=1S/C9H14ClN3/c1-7-2-4-8(5-3-7)13-6-11-12-9(13)10/h6-8H,2-5H2,1H3. The van der Waals surface area contributed by atoms with E-state index in [2.05, 4.69) is 17.1 Å². The minimum absolute atomic E-state index is 0.527. The maximum Gasteiger partial charge on any atom is 0.225 e. The molecule has 1 aliphatic carbocycles. The minimum Gasteiger partial charge on any atom is -0.301 e. The van der Waals surface area contributed by atoms with E-state index in [9.17, 15) is 0 Å². The van der Waals surface area contributed by atoms with Crippen molar-refractivity contribution in [1.82, 2.24) is 14.8 Å². The lowest BCUT2D eigenvalue weighted by Crippen LogP contribution is -2.16. The van der Waals surface area contributed by atoms with Gasteiger partial charge in [-0.2, -0.15) is 0 Å². The Labute approximate surface area is 83.1 Å². The van der Waals surface area contributed by atoms with Crippen LogP contribution in [-0.4, -0.2) is 14.8 Å². The van der Waals surface area contributed by atoms with Crippen LogP contribution in [0.5, 0.6) is 0 Å². The van der Waals surface area contributed by atoms with Crippen LogP contribution in [0.2, 0.25) is 5.28 Å². The maximum absolute atomic E-state index is 5.90. The number of hydrogen-bond acceptors (Lipinski definition) is 2. The number of rotatable bonds is 1. The van der Waals surface area contributed by atoms with Crippen molar-refractivity contribution in [2.75, 3.05) is 0 Å². The molecule has 0 atom stereocenters. The zero-order valence-electron chi connectivity index (χ0n) is 7.78. The summed E-state index contributed by atoms with van der Waals surface area (Å²) in [5, 5.41) is 8.11. The van der Waals surface area contributed by atoms with Crippen LogP contribution in [-0.2, 0) is 0 Å². The van der Waals surface area contributed by atoms with Crippen molar-refractivity contribution < 1.29 is 0 Å². The molecular formula is C9H14ClN3. The summed E-state index contributed by atoms with van der Waals surface area (Å²) in [5.74, 6) is 0.867. The monoisotopic (exact) mass is 199 g/mol. The fraction of sp³-hybridized carbons (Fsp3) is 0.778. The molecule has 3 nitrogen and oxygen atoms in total. The average molecular weight is 200 g/mol. The molecule has 0 aromatic carbocycles. The molecule has 1 aliphatic rings. The van der Waals surface area contributed by atoms with Crippen molar-refractivity contribution in [2.45, 2.75) is 38.6 Å². The van der Waals surface area contributed by atoms with E-state index in [1.807, 2.05) is 4.57 Å². The highest BCUT2D eigenvalue weighted by Crippen LogP contribution is 2.32. The van der Waals surface area contributed by atoms with Crippen molar-refractivity contribution in [2.24, 2.45) is 5.92 Å². The number of halogens is 1. The fourth-order valence-corrected chi connectivity index (χ4v) is 2.22. The Morgan fingerprint density at radius 1 is 1.38 bits per heavy atom. The van der Waals surface area contributed by atoms with Gasteiger partial charge in [-0.15, -0.1) is 10.2 Å². The summed E-state index contributed by atoms with van der Waals surface area (Å²) in [6.45, 7) is 2.31. The SMILES string of the molecule is CC1CCC(n2cnnc2Cl)CC1. The molecule has 1 aromatic heterocycles. The van der Waals surface area contributed by atoms with Crippen LogP contribution in [0.3, 0.4) is 0 Å². The molecule has 0 bridgehead atoms. The quantitative estimate of drug-likeness (QED) is 0.696. The molecule has 0 radical (unpaired) electrons.